The molecule has 21 heavy (non-hydrogen) atoms. The van der Waals surface area contributed by atoms with Crippen molar-refractivity contribution in [2.24, 2.45) is 0 Å². The topological polar surface area (TPSA) is 101 Å². The number of anilines is 1. The van der Waals surface area contributed by atoms with Crippen LogP contribution in [0.1, 0.15) is 36.5 Å². The molecule has 0 spiro atoms. The van der Waals surface area contributed by atoms with Crippen LogP contribution < -0.4 is 10.6 Å². The molecule has 2 heterocycles. The third kappa shape index (κ3) is 5.31. The third-order valence-electron chi connectivity index (χ3n) is 3.22. The number of ether oxygens (including phenoxy) is 1. The van der Waals surface area contributed by atoms with Crippen LogP contribution in [0.2, 0.25) is 0 Å². The van der Waals surface area contributed by atoms with Gasteiger partial charge in [-0.2, -0.15) is 0 Å². The molecule has 0 aromatic carbocycles. The van der Waals surface area contributed by atoms with Gasteiger partial charge in [0.1, 0.15) is 0 Å². The highest BCUT2D eigenvalue weighted by molar-refractivity contribution is 7.15. The first kappa shape index (κ1) is 15.7. The van der Waals surface area contributed by atoms with Gasteiger partial charge in [0.2, 0.25) is 0 Å². The zero-order valence-corrected chi connectivity index (χ0v) is 12.4. The number of nitrogens with zero attached hydrogens (tertiary/aromatic N) is 1. The normalized spacial score (nSPS) is 15.6. The number of aromatic nitrogens is 1. The quantitative estimate of drug-likeness (QED) is 0.698. The lowest BCUT2D eigenvalue weighted by molar-refractivity contribution is -0.137. The molecule has 1 fully saturated rings. The number of aliphatic carboxylic acids is 1. The molecule has 1 saturated heterocycles. The van der Waals surface area contributed by atoms with Gasteiger partial charge < -0.3 is 15.2 Å². The molecule has 0 saturated carbocycles. The second-order valence-corrected chi connectivity index (χ2v) is 5.89. The summed E-state index contributed by atoms with van der Waals surface area (Å²) >= 11 is 1.48. The van der Waals surface area contributed by atoms with E-state index in [9.17, 15) is 9.59 Å². The predicted molar refractivity (Wildman–Crippen MR) is 78.8 cm³/mol. The molecule has 7 nitrogen and oxygen atoms in total. The van der Waals surface area contributed by atoms with E-state index in [1.165, 1.54) is 16.2 Å². The summed E-state index contributed by atoms with van der Waals surface area (Å²) in [5.74, 6) is -0.399. The standard InChI is InChI=1S/C13H19N3O4S/c17-11(18)2-1-5-14-12(19)16-13-15-8-10(21-13)9-3-6-20-7-4-9/h8-9H,1-7H2,(H,17,18)(H2,14,15,16,19). The summed E-state index contributed by atoms with van der Waals surface area (Å²) in [4.78, 5) is 27.3. The fraction of sp³-hybridized carbons (Fsp3) is 0.615. The first-order valence-corrected chi connectivity index (χ1v) is 7.77. The smallest absolute Gasteiger partial charge is 0.321 e. The lowest BCUT2D eigenvalue weighted by atomic mass is 9.99. The van der Waals surface area contributed by atoms with Crippen molar-refractivity contribution in [3.8, 4) is 0 Å². The SMILES string of the molecule is O=C(O)CCCNC(=O)Nc1ncc(C2CCOCC2)s1. The molecule has 8 heteroatoms. The molecule has 116 valence electrons. The summed E-state index contributed by atoms with van der Waals surface area (Å²) in [7, 11) is 0. The van der Waals surface area contributed by atoms with Gasteiger partial charge in [0.15, 0.2) is 5.13 Å². The summed E-state index contributed by atoms with van der Waals surface area (Å²) in [6, 6.07) is -0.353. The number of rotatable bonds is 6. The minimum Gasteiger partial charge on any atom is -0.481 e. The monoisotopic (exact) mass is 313 g/mol. The second-order valence-electron chi connectivity index (χ2n) is 4.83. The molecular weight excluding hydrogens is 294 g/mol. The van der Waals surface area contributed by atoms with E-state index >= 15 is 0 Å². The van der Waals surface area contributed by atoms with Gasteiger partial charge in [0.05, 0.1) is 0 Å². The van der Waals surface area contributed by atoms with Crippen molar-refractivity contribution in [3.63, 3.8) is 0 Å². The van der Waals surface area contributed by atoms with E-state index < -0.39 is 5.97 Å². The van der Waals surface area contributed by atoms with Crippen LogP contribution in [0.4, 0.5) is 9.93 Å². The Bertz CT molecular complexity index is 486. The van der Waals surface area contributed by atoms with Crippen molar-refractivity contribution in [2.75, 3.05) is 25.1 Å². The number of hydrogen-bond donors (Lipinski definition) is 3. The van der Waals surface area contributed by atoms with Crippen molar-refractivity contribution in [1.82, 2.24) is 10.3 Å². The third-order valence-corrected chi connectivity index (χ3v) is 4.30. The minimum atomic E-state index is -0.863. The predicted octanol–water partition coefficient (Wildman–Crippen LogP) is 2.02. The van der Waals surface area contributed by atoms with Crippen molar-refractivity contribution in [1.29, 1.82) is 0 Å². The van der Waals surface area contributed by atoms with Gasteiger partial charge in [-0.25, -0.2) is 9.78 Å². The Morgan fingerprint density at radius 2 is 2.19 bits per heavy atom. The number of carboxylic acid groups (broad SMARTS) is 1. The Kier molecular flexibility index (Phi) is 5.94. The largest absolute Gasteiger partial charge is 0.481 e. The Morgan fingerprint density at radius 1 is 1.43 bits per heavy atom. The highest BCUT2D eigenvalue weighted by Gasteiger charge is 2.18. The average Bonchev–Trinajstić information content (AvgIpc) is 2.93. The van der Waals surface area contributed by atoms with Crippen LogP contribution in [0.15, 0.2) is 6.20 Å². The van der Waals surface area contributed by atoms with E-state index in [-0.39, 0.29) is 12.5 Å². The van der Waals surface area contributed by atoms with E-state index in [1.807, 2.05) is 0 Å². The molecule has 1 aromatic rings. The second kappa shape index (κ2) is 7.94. The van der Waals surface area contributed by atoms with E-state index in [1.54, 1.807) is 6.20 Å². The van der Waals surface area contributed by atoms with Crippen LogP contribution in [0.5, 0.6) is 0 Å². The van der Waals surface area contributed by atoms with Crippen LogP contribution in [0.25, 0.3) is 0 Å². The molecule has 1 aliphatic heterocycles. The molecule has 0 bridgehead atoms. The maximum atomic E-state index is 11.6. The van der Waals surface area contributed by atoms with Crippen molar-refractivity contribution in [3.05, 3.63) is 11.1 Å². The van der Waals surface area contributed by atoms with Gasteiger partial charge in [-0.1, -0.05) is 0 Å². The average molecular weight is 313 g/mol. The number of amides is 2. The highest BCUT2D eigenvalue weighted by Crippen LogP contribution is 2.32. The lowest BCUT2D eigenvalue weighted by Crippen LogP contribution is -2.29. The van der Waals surface area contributed by atoms with E-state index in [2.05, 4.69) is 15.6 Å². The van der Waals surface area contributed by atoms with Gasteiger partial charge in [-0.15, -0.1) is 11.3 Å². The molecule has 0 aliphatic carbocycles. The van der Waals surface area contributed by atoms with Gasteiger partial charge in [-0.05, 0) is 25.2 Å². The number of hydrogen-bond acceptors (Lipinski definition) is 5. The summed E-state index contributed by atoms with van der Waals surface area (Å²) in [6.45, 7) is 1.88. The Hall–Kier alpha value is -1.67. The maximum Gasteiger partial charge on any atom is 0.321 e. The van der Waals surface area contributed by atoms with Crippen LogP contribution in [-0.4, -0.2) is 41.8 Å². The number of carbonyl (C=O) groups excluding carboxylic acids is 1. The van der Waals surface area contributed by atoms with E-state index in [0.29, 0.717) is 24.0 Å². The molecule has 2 rings (SSSR count). The molecule has 1 aliphatic rings. The van der Waals surface area contributed by atoms with Crippen LogP contribution in [0.3, 0.4) is 0 Å². The van der Waals surface area contributed by atoms with Crippen molar-refractivity contribution < 1.29 is 19.4 Å². The molecular formula is C13H19N3O4S. The zero-order chi connectivity index (χ0) is 15.1. The number of carboxylic acids is 1. The van der Waals surface area contributed by atoms with Crippen molar-refractivity contribution >= 4 is 28.5 Å². The molecule has 0 radical (unpaired) electrons. The maximum absolute atomic E-state index is 11.6. The van der Waals surface area contributed by atoms with Gasteiger partial charge >= 0.3 is 12.0 Å². The Balaban J connectivity index is 1.73. The minimum absolute atomic E-state index is 0.0471. The number of urea groups is 1. The number of nitrogens with one attached hydrogen (secondary N) is 2. The number of carbonyl (C=O) groups is 2. The van der Waals surface area contributed by atoms with E-state index in [0.717, 1.165) is 26.1 Å². The zero-order valence-electron chi connectivity index (χ0n) is 11.6. The number of thiazole rings is 1. The molecule has 0 unspecified atom stereocenters. The van der Waals surface area contributed by atoms with Gasteiger partial charge in [-0.3, -0.25) is 10.1 Å². The first-order chi connectivity index (χ1) is 10.1. The van der Waals surface area contributed by atoms with Gasteiger partial charge in [0.25, 0.3) is 0 Å². The summed E-state index contributed by atoms with van der Waals surface area (Å²) in [5, 5.41) is 14.3. The molecule has 3 N–H and O–H groups in total. The summed E-state index contributed by atoms with van der Waals surface area (Å²) < 4.78 is 5.33. The summed E-state index contributed by atoms with van der Waals surface area (Å²) in [5.41, 5.74) is 0. The van der Waals surface area contributed by atoms with Gasteiger partial charge in [0, 0.05) is 37.3 Å². The molecule has 2 amide bonds. The van der Waals surface area contributed by atoms with Crippen molar-refractivity contribution in [2.45, 2.75) is 31.6 Å². The molecule has 0 atom stereocenters. The molecule has 1 aromatic heterocycles. The summed E-state index contributed by atoms with van der Waals surface area (Å²) in [6.07, 6.45) is 4.24. The van der Waals surface area contributed by atoms with Crippen LogP contribution in [-0.2, 0) is 9.53 Å². The van der Waals surface area contributed by atoms with E-state index in [4.69, 9.17) is 9.84 Å². The fourth-order valence-electron chi connectivity index (χ4n) is 2.10. The Labute approximate surface area is 126 Å². The van der Waals surface area contributed by atoms with Crippen LogP contribution >= 0.6 is 11.3 Å². The van der Waals surface area contributed by atoms with Crippen LogP contribution in [0, 0.1) is 0 Å². The Morgan fingerprint density at radius 3 is 2.90 bits per heavy atom. The fourth-order valence-corrected chi connectivity index (χ4v) is 3.08. The lowest BCUT2D eigenvalue weighted by Gasteiger charge is -2.20. The highest BCUT2D eigenvalue weighted by atomic mass is 32.1. The first-order valence-electron chi connectivity index (χ1n) is 6.95.